The molecule has 8 heteroatoms. The van der Waals surface area contributed by atoms with E-state index >= 15 is 0 Å². The zero-order valence-corrected chi connectivity index (χ0v) is 21.1. The lowest BCUT2D eigenvalue weighted by molar-refractivity contribution is -0.147. The van der Waals surface area contributed by atoms with Gasteiger partial charge in [-0.15, -0.1) is 0 Å². The van der Waals surface area contributed by atoms with Gasteiger partial charge in [-0.25, -0.2) is 0 Å². The van der Waals surface area contributed by atoms with E-state index < -0.39 is 29.1 Å². The number of carbonyl (C=O) groups is 3. The van der Waals surface area contributed by atoms with E-state index in [1.165, 1.54) is 0 Å². The third-order valence-electron chi connectivity index (χ3n) is 8.29. The number of carbonyl (C=O) groups excluding carboxylic acids is 3. The van der Waals surface area contributed by atoms with Crippen LogP contribution in [-0.2, 0) is 25.7 Å². The van der Waals surface area contributed by atoms with E-state index in [1.54, 1.807) is 4.90 Å². The van der Waals surface area contributed by atoms with Crippen LogP contribution in [0.1, 0.15) is 58.4 Å². The van der Waals surface area contributed by atoms with Gasteiger partial charge in [-0.2, -0.15) is 0 Å². The minimum Gasteiger partial charge on any atom is -0.396 e. The van der Waals surface area contributed by atoms with Gasteiger partial charge in [-0.1, -0.05) is 57.0 Å². The van der Waals surface area contributed by atoms with E-state index in [1.807, 2.05) is 44.2 Å². The molecular formula is C27H39N3O5. The molecular weight excluding hydrogens is 446 g/mol. The van der Waals surface area contributed by atoms with E-state index in [9.17, 15) is 19.5 Å². The highest BCUT2D eigenvalue weighted by molar-refractivity contribution is 5.99. The van der Waals surface area contributed by atoms with E-state index in [0.717, 1.165) is 24.8 Å². The molecule has 35 heavy (non-hydrogen) atoms. The topological polar surface area (TPSA) is 108 Å². The maximum absolute atomic E-state index is 13.8. The van der Waals surface area contributed by atoms with Crippen LogP contribution in [0.2, 0.25) is 0 Å². The summed E-state index contributed by atoms with van der Waals surface area (Å²) in [4.78, 5) is 42.5. The number of nitrogens with one attached hydrogen (secondary N) is 2. The number of aliphatic hydroxyl groups is 1. The lowest BCUT2D eigenvalue weighted by atomic mass is 9.62. The number of hydrogen-bond acceptors (Lipinski definition) is 5. The summed E-state index contributed by atoms with van der Waals surface area (Å²) in [7, 11) is 0. The molecule has 1 aromatic rings. The Morgan fingerprint density at radius 3 is 2.57 bits per heavy atom. The van der Waals surface area contributed by atoms with Crippen molar-refractivity contribution in [3.8, 4) is 0 Å². The quantitative estimate of drug-likeness (QED) is 0.416. The first-order valence-corrected chi connectivity index (χ1v) is 13.0. The molecule has 3 N–H and O–H groups in total. The summed E-state index contributed by atoms with van der Waals surface area (Å²) in [5.41, 5.74) is -0.889. The van der Waals surface area contributed by atoms with Crippen LogP contribution in [-0.4, -0.2) is 64.7 Å². The zero-order valence-electron chi connectivity index (χ0n) is 21.1. The van der Waals surface area contributed by atoms with Crippen molar-refractivity contribution >= 4 is 17.7 Å². The second-order valence-electron chi connectivity index (χ2n) is 10.5. The van der Waals surface area contributed by atoms with Crippen LogP contribution >= 0.6 is 0 Å². The normalized spacial score (nSPS) is 33.1. The average Bonchev–Trinajstić information content (AvgIpc) is 3.36. The largest absolute Gasteiger partial charge is 0.396 e. The summed E-state index contributed by atoms with van der Waals surface area (Å²) in [5.74, 6) is -2.05. The molecule has 2 bridgehead atoms. The van der Waals surface area contributed by atoms with Crippen LogP contribution < -0.4 is 10.6 Å². The van der Waals surface area contributed by atoms with Gasteiger partial charge in [-0.05, 0) is 37.7 Å². The standard InChI is InChI=1S/C27H39N3O5/c1-4-5-9-13-28-24(33)22-27-16-18(2)26(3,35-27)20(21(27)25(34)30(22)14-10-15-31)23(32)29-17-19-11-7-6-8-12-19/h6-8,11-12,18,20-22,31H,4-5,9-10,13-17H2,1-3H3,(H,28,33)(H,29,32)/t18?,20-,21-,22?,26+,27?/m0/s1. The molecule has 0 aromatic heterocycles. The summed E-state index contributed by atoms with van der Waals surface area (Å²) >= 11 is 0. The van der Waals surface area contributed by atoms with Crippen molar-refractivity contribution in [2.45, 2.75) is 76.7 Å². The van der Waals surface area contributed by atoms with E-state index in [-0.39, 0.29) is 36.8 Å². The van der Waals surface area contributed by atoms with Crippen LogP contribution in [0.3, 0.4) is 0 Å². The van der Waals surface area contributed by atoms with Gasteiger partial charge in [0.25, 0.3) is 0 Å². The third-order valence-corrected chi connectivity index (χ3v) is 8.29. The van der Waals surface area contributed by atoms with Crippen LogP contribution in [0, 0.1) is 17.8 Å². The monoisotopic (exact) mass is 485 g/mol. The summed E-state index contributed by atoms with van der Waals surface area (Å²) < 4.78 is 6.66. The number of benzene rings is 1. The highest BCUT2D eigenvalue weighted by Gasteiger charge is 2.79. The van der Waals surface area contributed by atoms with Crippen LogP contribution in [0.5, 0.6) is 0 Å². The fourth-order valence-electron chi connectivity index (χ4n) is 6.50. The third kappa shape index (κ3) is 4.35. The van der Waals surface area contributed by atoms with Crippen molar-refractivity contribution in [2.75, 3.05) is 19.7 Å². The van der Waals surface area contributed by atoms with Gasteiger partial charge >= 0.3 is 0 Å². The number of ether oxygens (including phenoxy) is 1. The molecule has 0 radical (unpaired) electrons. The first-order valence-electron chi connectivity index (χ1n) is 13.0. The molecule has 3 saturated heterocycles. The Hall–Kier alpha value is -2.45. The SMILES string of the molecule is CCCCCNC(=O)C1N(CCCO)C(=O)[C@@H]2[C@@H](C(=O)NCc3ccccc3)[C@]3(C)OC12CC3C. The van der Waals surface area contributed by atoms with Crippen molar-refractivity contribution in [1.82, 2.24) is 15.5 Å². The molecule has 3 aliphatic rings. The van der Waals surface area contributed by atoms with Crippen LogP contribution in [0.15, 0.2) is 30.3 Å². The molecule has 8 nitrogen and oxygen atoms in total. The van der Waals surface area contributed by atoms with Crippen molar-refractivity contribution in [2.24, 2.45) is 17.8 Å². The maximum atomic E-state index is 13.8. The highest BCUT2D eigenvalue weighted by Crippen LogP contribution is 2.65. The lowest BCUT2D eigenvalue weighted by Gasteiger charge is -2.36. The Labute approximate surface area is 207 Å². The fraction of sp³-hybridized carbons (Fsp3) is 0.667. The van der Waals surface area contributed by atoms with Crippen molar-refractivity contribution in [3.63, 3.8) is 0 Å². The summed E-state index contributed by atoms with van der Waals surface area (Å²) in [5, 5.41) is 15.5. The molecule has 4 rings (SSSR count). The average molecular weight is 486 g/mol. The molecule has 1 aromatic carbocycles. The van der Waals surface area contributed by atoms with E-state index in [4.69, 9.17) is 4.74 Å². The number of likely N-dealkylation sites (tertiary alicyclic amines) is 1. The Morgan fingerprint density at radius 2 is 1.89 bits per heavy atom. The molecule has 1 spiro atoms. The van der Waals surface area contributed by atoms with Crippen molar-refractivity contribution in [1.29, 1.82) is 0 Å². The first kappa shape index (κ1) is 25.6. The Kier molecular flexibility index (Phi) is 7.52. The van der Waals surface area contributed by atoms with E-state index in [0.29, 0.717) is 25.9 Å². The number of fused-ring (bicyclic) bond motifs is 1. The summed E-state index contributed by atoms with van der Waals surface area (Å²) in [6.45, 7) is 7.14. The number of rotatable bonds is 11. The number of aliphatic hydroxyl groups excluding tert-OH is 1. The maximum Gasteiger partial charge on any atom is 0.245 e. The van der Waals surface area contributed by atoms with Gasteiger partial charge in [0.2, 0.25) is 17.7 Å². The van der Waals surface area contributed by atoms with Crippen molar-refractivity contribution in [3.05, 3.63) is 35.9 Å². The smallest absolute Gasteiger partial charge is 0.245 e. The Balaban J connectivity index is 1.62. The second-order valence-corrected chi connectivity index (χ2v) is 10.5. The molecule has 3 heterocycles. The summed E-state index contributed by atoms with van der Waals surface area (Å²) in [6.07, 6.45) is 3.85. The highest BCUT2D eigenvalue weighted by atomic mass is 16.5. The molecule has 3 aliphatic heterocycles. The second kappa shape index (κ2) is 10.3. The van der Waals surface area contributed by atoms with Crippen LogP contribution in [0.25, 0.3) is 0 Å². The molecule has 3 amide bonds. The van der Waals surface area contributed by atoms with Crippen molar-refractivity contribution < 1.29 is 24.2 Å². The Morgan fingerprint density at radius 1 is 1.14 bits per heavy atom. The molecule has 0 aliphatic carbocycles. The molecule has 3 unspecified atom stereocenters. The predicted octanol–water partition coefficient (Wildman–Crippen LogP) is 2.00. The van der Waals surface area contributed by atoms with Gasteiger partial charge in [0.05, 0.1) is 17.4 Å². The number of nitrogens with zero attached hydrogens (tertiary/aromatic N) is 1. The van der Waals surface area contributed by atoms with Gasteiger partial charge < -0.3 is 25.4 Å². The van der Waals surface area contributed by atoms with Gasteiger partial charge in [-0.3, -0.25) is 14.4 Å². The van der Waals surface area contributed by atoms with E-state index in [2.05, 4.69) is 17.6 Å². The molecule has 192 valence electrons. The molecule has 3 fully saturated rings. The first-order chi connectivity index (χ1) is 16.8. The zero-order chi connectivity index (χ0) is 25.2. The van der Waals surface area contributed by atoms with Gasteiger partial charge in [0.15, 0.2) is 0 Å². The summed E-state index contributed by atoms with van der Waals surface area (Å²) in [6, 6.07) is 8.85. The fourth-order valence-corrected chi connectivity index (χ4v) is 6.50. The number of amides is 3. The minimum atomic E-state index is -1.04. The minimum absolute atomic E-state index is 0.00667. The number of unbranched alkanes of at least 4 members (excludes halogenated alkanes) is 2. The molecule has 0 saturated carbocycles. The molecule has 6 atom stereocenters. The van der Waals surface area contributed by atoms with Gasteiger partial charge in [0, 0.05) is 26.2 Å². The number of hydrogen-bond donors (Lipinski definition) is 3. The van der Waals surface area contributed by atoms with Crippen LogP contribution in [0.4, 0.5) is 0 Å². The predicted molar refractivity (Wildman–Crippen MR) is 131 cm³/mol. The van der Waals surface area contributed by atoms with Gasteiger partial charge in [0.1, 0.15) is 11.6 Å². The Bertz CT molecular complexity index is 940. The lowest BCUT2D eigenvalue weighted by Crippen LogP contribution is -2.56.